The fourth-order valence-corrected chi connectivity index (χ4v) is 3.03. The number of aromatic amines is 1. The maximum absolute atomic E-state index is 12.9. The number of nitrogens with zero attached hydrogens (tertiary/aromatic N) is 7. The van der Waals surface area contributed by atoms with Crippen LogP contribution < -0.4 is 21.3 Å². The second kappa shape index (κ2) is 11.1. The Bertz CT molecular complexity index is 1230. The summed E-state index contributed by atoms with van der Waals surface area (Å²) in [6.45, 7) is 0.250. The van der Waals surface area contributed by atoms with Gasteiger partial charge in [-0.3, -0.25) is 18.8 Å². The number of hydrogen-bond acceptors (Lipinski definition) is 7. The molecule has 35 heavy (non-hydrogen) atoms. The van der Waals surface area contributed by atoms with Gasteiger partial charge in [0.05, 0.1) is 17.6 Å². The van der Waals surface area contributed by atoms with Crippen molar-refractivity contribution in [3.8, 4) is 0 Å². The summed E-state index contributed by atoms with van der Waals surface area (Å²) in [6, 6.07) is 2.48. The Hall–Kier alpha value is -4.46. The number of imidazole rings is 1. The van der Waals surface area contributed by atoms with Crippen molar-refractivity contribution in [1.29, 1.82) is 0 Å². The third-order valence-corrected chi connectivity index (χ3v) is 5.12. The number of amides is 3. The highest BCUT2D eigenvalue weighted by molar-refractivity contribution is 6.04. The third-order valence-electron chi connectivity index (χ3n) is 5.12. The van der Waals surface area contributed by atoms with Crippen molar-refractivity contribution < 1.29 is 19.6 Å². The van der Waals surface area contributed by atoms with Gasteiger partial charge in [0.1, 0.15) is 11.7 Å². The zero-order valence-corrected chi connectivity index (χ0v) is 20.1. The Morgan fingerprint density at radius 2 is 1.63 bits per heavy atom. The van der Waals surface area contributed by atoms with Crippen LogP contribution in [0.5, 0.6) is 0 Å². The molecule has 3 aromatic heterocycles. The van der Waals surface area contributed by atoms with Crippen LogP contribution in [0.3, 0.4) is 0 Å². The summed E-state index contributed by atoms with van der Waals surface area (Å²) in [5.41, 5.74) is 12.0. The second-order valence-electron chi connectivity index (χ2n) is 7.49. The van der Waals surface area contributed by atoms with Crippen molar-refractivity contribution in [3.05, 3.63) is 48.9 Å². The van der Waals surface area contributed by atoms with Gasteiger partial charge in [0.25, 0.3) is 5.91 Å². The Kier molecular flexibility index (Phi) is 8.50. The van der Waals surface area contributed by atoms with Gasteiger partial charge in [0.2, 0.25) is 0 Å². The quantitative estimate of drug-likeness (QED) is 0.168. The molecule has 0 spiro atoms. The van der Waals surface area contributed by atoms with Gasteiger partial charge in [-0.05, 0) is 12.1 Å². The van der Waals surface area contributed by atoms with Gasteiger partial charge in [-0.15, -0.1) is 12.4 Å². The number of oxime groups is 1. The third kappa shape index (κ3) is 5.92. The zero-order valence-electron chi connectivity index (χ0n) is 19.3. The monoisotopic (exact) mass is 506 g/mol. The minimum atomic E-state index is -0.415. The molecule has 0 radical (unpaired) electrons. The topological polar surface area (TPSA) is 184 Å². The first-order valence-corrected chi connectivity index (χ1v) is 10.1. The molecule has 0 atom stereocenters. The number of anilines is 3. The summed E-state index contributed by atoms with van der Waals surface area (Å²) < 4.78 is 2.64. The number of aromatic nitrogens is 4. The molecule has 0 aliphatic carbocycles. The lowest BCUT2D eigenvalue weighted by molar-refractivity contribution is 0.0984. The maximum Gasteiger partial charge on any atom is 0.332 e. The van der Waals surface area contributed by atoms with Crippen LogP contribution in [0.1, 0.15) is 17.0 Å². The van der Waals surface area contributed by atoms with E-state index in [1.807, 2.05) is 0 Å². The summed E-state index contributed by atoms with van der Waals surface area (Å²) in [6.07, 6.45) is 7.64. The van der Waals surface area contributed by atoms with Crippen molar-refractivity contribution in [2.75, 3.05) is 43.2 Å². The molecule has 0 aromatic carbocycles. The summed E-state index contributed by atoms with van der Waals surface area (Å²) in [5.74, 6) is -0.0451. The predicted molar refractivity (Wildman–Crippen MR) is 132 cm³/mol. The predicted octanol–water partition coefficient (Wildman–Crippen LogP) is 1.43. The fraction of sp³-hybridized carbons (Fsp3) is 0.250. The molecular weight excluding hydrogens is 480 g/mol. The first kappa shape index (κ1) is 26.8. The van der Waals surface area contributed by atoms with Crippen LogP contribution in [0.25, 0.3) is 0 Å². The molecule has 15 heteroatoms. The smallest absolute Gasteiger partial charge is 0.332 e. The number of H-pyrrole nitrogens is 1. The Balaban J connectivity index is 0.00000432. The van der Waals surface area contributed by atoms with Gasteiger partial charge in [0, 0.05) is 58.9 Å². The first-order chi connectivity index (χ1) is 16.1. The van der Waals surface area contributed by atoms with Crippen LogP contribution >= 0.6 is 12.4 Å². The molecule has 0 bridgehead atoms. The van der Waals surface area contributed by atoms with E-state index < -0.39 is 11.9 Å². The molecule has 0 fully saturated rings. The summed E-state index contributed by atoms with van der Waals surface area (Å²) >= 11 is 0. The molecule has 3 rings (SSSR count). The van der Waals surface area contributed by atoms with E-state index in [4.69, 9.17) is 16.7 Å². The Morgan fingerprint density at radius 1 is 1.06 bits per heavy atom. The summed E-state index contributed by atoms with van der Waals surface area (Å²) in [5, 5.41) is 11.5. The van der Waals surface area contributed by atoms with Crippen LogP contribution in [0.15, 0.2) is 48.3 Å². The van der Waals surface area contributed by atoms with Gasteiger partial charge in [0.15, 0.2) is 5.82 Å². The number of amidine groups is 1. The number of hydrogen-bond donors (Lipinski definition) is 4. The van der Waals surface area contributed by atoms with Crippen LogP contribution in [0.4, 0.5) is 26.8 Å². The number of carbonyl (C=O) groups excluding carboxylic acids is 3. The van der Waals surface area contributed by atoms with Crippen molar-refractivity contribution >= 4 is 53.4 Å². The van der Waals surface area contributed by atoms with E-state index in [1.54, 1.807) is 33.3 Å². The van der Waals surface area contributed by atoms with E-state index in [0.29, 0.717) is 11.4 Å². The number of halogens is 1. The van der Waals surface area contributed by atoms with Crippen molar-refractivity contribution in [3.63, 3.8) is 0 Å². The highest BCUT2D eigenvalue weighted by Crippen LogP contribution is 2.19. The number of nitrogens with one attached hydrogen (secondary N) is 1. The highest BCUT2D eigenvalue weighted by atomic mass is 35.5. The summed E-state index contributed by atoms with van der Waals surface area (Å²) in [4.78, 5) is 48.7. The lowest BCUT2D eigenvalue weighted by atomic mass is 10.4. The first-order valence-electron chi connectivity index (χ1n) is 10.1. The van der Waals surface area contributed by atoms with E-state index in [1.165, 1.54) is 54.8 Å². The molecule has 3 heterocycles. The van der Waals surface area contributed by atoms with Crippen molar-refractivity contribution in [2.45, 2.75) is 6.42 Å². The van der Waals surface area contributed by atoms with E-state index in [9.17, 15) is 14.4 Å². The Morgan fingerprint density at radius 3 is 2.17 bits per heavy atom. The standard InChI is InChI=1S/C20H26N10O4.ClH/c1-26(7-6-15(21)25-34)19(32)29-8-5-14(12-29)28(3)20(33)30-9-4-13(11-30)27(2)18(31)17-23-10-16(22)24-17;/h4-5,8-12,34H,6-7,22H2,1-3H3,(H2,21,25)(H,23,24);1H. The molecule has 0 aliphatic heterocycles. The molecule has 3 amide bonds. The molecule has 0 saturated carbocycles. The number of nitrogen functional groups attached to an aromatic ring is 1. The lowest BCUT2D eigenvalue weighted by Gasteiger charge is -2.18. The largest absolute Gasteiger partial charge is 0.409 e. The number of nitrogens with two attached hydrogens (primary N) is 2. The van der Waals surface area contributed by atoms with Crippen LogP contribution in [-0.4, -0.2) is 80.7 Å². The minimum Gasteiger partial charge on any atom is -0.409 e. The summed E-state index contributed by atoms with van der Waals surface area (Å²) in [7, 11) is 4.70. The van der Waals surface area contributed by atoms with Crippen LogP contribution in [0, 0.1) is 0 Å². The van der Waals surface area contributed by atoms with Crippen LogP contribution in [-0.2, 0) is 0 Å². The van der Waals surface area contributed by atoms with Gasteiger partial charge in [-0.25, -0.2) is 14.6 Å². The van der Waals surface area contributed by atoms with E-state index in [-0.39, 0.29) is 48.9 Å². The van der Waals surface area contributed by atoms with Crippen molar-refractivity contribution in [1.82, 2.24) is 24.0 Å². The molecule has 188 valence electrons. The number of carbonyl (C=O) groups is 3. The molecule has 0 aliphatic rings. The molecule has 0 saturated heterocycles. The average molecular weight is 507 g/mol. The zero-order chi connectivity index (χ0) is 25.0. The maximum atomic E-state index is 12.9. The molecule has 3 aromatic rings. The second-order valence-corrected chi connectivity index (χ2v) is 7.49. The minimum absolute atomic E-state index is 0. The lowest BCUT2D eigenvalue weighted by Crippen LogP contribution is -2.33. The van der Waals surface area contributed by atoms with Gasteiger partial charge >= 0.3 is 12.1 Å². The SMILES string of the molecule is CN(CCC(N)=NO)C(=O)n1ccc(N(C)C(=O)n2ccc(N(C)C(=O)c3ncc(N)[nH]3)c2)c1.Cl. The van der Waals surface area contributed by atoms with E-state index >= 15 is 0 Å². The fourth-order valence-electron chi connectivity index (χ4n) is 3.03. The Labute approximate surface area is 206 Å². The molecule has 14 nitrogen and oxygen atoms in total. The number of rotatable bonds is 6. The molecule has 0 unspecified atom stereocenters. The normalized spacial score (nSPS) is 11.0. The molecule has 6 N–H and O–H groups in total. The molecular formula is C20H27ClN10O4. The van der Waals surface area contributed by atoms with E-state index in [2.05, 4.69) is 15.1 Å². The average Bonchev–Trinajstić information content (AvgIpc) is 3.60. The van der Waals surface area contributed by atoms with E-state index in [0.717, 1.165) is 0 Å². The van der Waals surface area contributed by atoms with Crippen LogP contribution in [0.2, 0.25) is 0 Å². The van der Waals surface area contributed by atoms with Gasteiger partial charge in [-0.1, -0.05) is 5.16 Å². The van der Waals surface area contributed by atoms with Crippen molar-refractivity contribution in [2.24, 2.45) is 10.9 Å². The van der Waals surface area contributed by atoms with Gasteiger partial charge in [-0.2, -0.15) is 0 Å². The highest BCUT2D eigenvalue weighted by Gasteiger charge is 2.21. The van der Waals surface area contributed by atoms with Gasteiger partial charge < -0.3 is 31.5 Å².